The summed E-state index contributed by atoms with van der Waals surface area (Å²) in [6.07, 6.45) is 0.116. The van der Waals surface area contributed by atoms with E-state index >= 15 is 0 Å². The van der Waals surface area contributed by atoms with Gasteiger partial charge in [0.15, 0.2) is 6.10 Å². The van der Waals surface area contributed by atoms with Gasteiger partial charge >= 0.3 is 5.97 Å². The molecule has 1 saturated heterocycles. The van der Waals surface area contributed by atoms with E-state index in [2.05, 4.69) is 0 Å². The molecule has 3 rings (SSSR count). The topological polar surface area (TPSA) is 66.8 Å². The fourth-order valence-corrected chi connectivity index (χ4v) is 4.89. The van der Waals surface area contributed by atoms with Crippen molar-refractivity contribution in [2.45, 2.75) is 17.8 Å². The van der Waals surface area contributed by atoms with Gasteiger partial charge in [0.25, 0.3) is 0 Å². The number of aliphatic carboxylic acids is 1. The van der Waals surface area contributed by atoms with Crippen LogP contribution in [-0.4, -0.2) is 53.4 Å². The van der Waals surface area contributed by atoms with E-state index in [9.17, 15) is 9.59 Å². The number of rotatable bonds is 2. The van der Waals surface area contributed by atoms with E-state index < -0.39 is 12.1 Å². The van der Waals surface area contributed by atoms with Gasteiger partial charge in [-0.15, -0.1) is 23.1 Å². The predicted octanol–water partition coefficient (Wildman–Crippen LogP) is 1.39. The number of amides is 1. The summed E-state index contributed by atoms with van der Waals surface area (Å²) in [5.74, 6) is -0.0460. The molecule has 0 bridgehead atoms. The van der Waals surface area contributed by atoms with Gasteiger partial charge in [0.2, 0.25) is 5.91 Å². The second kappa shape index (κ2) is 5.75. The minimum atomic E-state index is -1.00. The quantitative estimate of drug-likeness (QED) is 0.894. The summed E-state index contributed by atoms with van der Waals surface area (Å²) in [6, 6.07) is 2.02. The molecule has 1 aromatic rings. The molecule has 7 heteroatoms. The van der Waals surface area contributed by atoms with Crippen molar-refractivity contribution in [3.63, 3.8) is 0 Å². The van der Waals surface area contributed by atoms with Gasteiger partial charge in [-0.1, -0.05) is 0 Å². The predicted molar refractivity (Wildman–Crippen MR) is 77.2 cm³/mol. The molecule has 1 amide bonds. The molecule has 1 fully saturated rings. The molecule has 0 saturated carbocycles. The number of hydrogen-bond acceptors (Lipinski definition) is 5. The Morgan fingerprint density at radius 3 is 3.10 bits per heavy atom. The lowest BCUT2D eigenvalue weighted by molar-refractivity contribution is -0.159. The lowest BCUT2D eigenvalue weighted by atomic mass is 10.1. The number of morpholine rings is 1. The molecule has 1 N–H and O–H groups in total. The Morgan fingerprint density at radius 1 is 1.45 bits per heavy atom. The Bertz CT molecular complexity index is 530. The van der Waals surface area contributed by atoms with Gasteiger partial charge in [-0.2, -0.15) is 0 Å². The number of thioether (sulfide) groups is 1. The van der Waals surface area contributed by atoms with Gasteiger partial charge < -0.3 is 14.7 Å². The number of carboxylic acids is 1. The smallest absolute Gasteiger partial charge is 0.334 e. The molecule has 2 atom stereocenters. The third kappa shape index (κ3) is 2.57. The van der Waals surface area contributed by atoms with Crippen molar-refractivity contribution in [3.05, 3.63) is 21.9 Å². The first kappa shape index (κ1) is 13.9. The summed E-state index contributed by atoms with van der Waals surface area (Å²) in [7, 11) is 0. The number of thiophene rings is 1. The van der Waals surface area contributed by atoms with Crippen LogP contribution in [0.1, 0.15) is 15.7 Å². The highest BCUT2D eigenvalue weighted by Gasteiger charge is 2.35. The average molecular weight is 313 g/mol. The minimum absolute atomic E-state index is 0.0175. The summed E-state index contributed by atoms with van der Waals surface area (Å²) in [4.78, 5) is 26.5. The minimum Gasteiger partial charge on any atom is -0.479 e. The molecule has 20 heavy (non-hydrogen) atoms. The number of carboxylic acid groups (broad SMARTS) is 1. The van der Waals surface area contributed by atoms with Gasteiger partial charge in [0.05, 0.1) is 13.2 Å². The molecule has 0 radical (unpaired) electrons. The van der Waals surface area contributed by atoms with E-state index in [0.717, 1.165) is 17.7 Å². The normalized spacial score (nSPS) is 26.1. The maximum atomic E-state index is 12.6. The van der Waals surface area contributed by atoms with E-state index in [0.29, 0.717) is 6.54 Å². The van der Waals surface area contributed by atoms with Gasteiger partial charge in [-0.05, 0) is 29.2 Å². The first-order chi connectivity index (χ1) is 9.66. The summed E-state index contributed by atoms with van der Waals surface area (Å²) in [6.45, 7) is 0.903. The maximum absolute atomic E-state index is 12.6. The van der Waals surface area contributed by atoms with Crippen molar-refractivity contribution in [1.82, 2.24) is 4.90 Å². The van der Waals surface area contributed by atoms with E-state index in [4.69, 9.17) is 9.84 Å². The van der Waals surface area contributed by atoms with Crippen molar-refractivity contribution < 1.29 is 19.4 Å². The van der Waals surface area contributed by atoms with Crippen LogP contribution in [-0.2, 0) is 20.7 Å². The Hall–Kier alpha value is -1.05. The third-order valence-corrected chi connectivity index (χ3v) is 5.78. The van der Waals surface area contributed by atoms with Crippen LogP contribution >= 0.6 is 23.1 Å². The molecule has 108 valence electrons. The Labute approximate surface area is 124 Å². The summed E-state index contributed by atoms with van der Waals surface area (Å²) in [5, 5.41) is 10.8. The average Bonchev–Trinajstić information content (AvgIpc) is 2.95. The first-order valence-corrected chi connectivity index (χ1v) is 8.40. The molecular formula is C13H15NO4S2. The second-order valence-electron chi connectivity index (χ2n) is 4.78. The largest absolute Gasteiger partial charge is 0.479 e. The Kier molecular flexibility index (Phi) is 4.00. The number of fused-ring (bicyclic) bond motifs is 1. The number of nitrogens with zero attached hydrogens (tertiary/aromatic N) is 1. The first-order valence-electron chi connectivity index (χ1n) is 6.48. The molecule has 5 nitrogen and oxygen atoms in total. The number of ether oxygens (including phenoxy) is 1. The molecule has 0 unspecified atom stereocenters. The van der Waals surface area contributed by atoms with Crippen LogP contribution < -0.4 is 0 Å². The van der Waals surface area contributed by atoms with Gasteiger partial charge in [-0.3, -0.25) is 4.79 Å². The molecule has 0 aliphatic carbocycles. The Morgan fingerprint density at radius 2 is 2.30 bits per heavy atom. The van der Waals surface area contributed by atoms with E-state index in [1.165, 1.54) is 4.88 Å². The summed E-state index contributed by atoms with van der Waals surface area (Å²) >= 11 is 3.34. The number of hydrogen-bond donors (Lipinski definition) is 1. The van der Waals surface area contributed by atoms with Crippen LogP contribution in [0.3, 0.4) is 0 Å². The zero-order chi connectivity index (χ0) is 14.1. The molecule has 0 aromatic carbocycles. The maximum Gasteiger partial charge on any atom is 0.334 e. The highest BCUT2D eigenvalue weighted by molar-refractivity contribution is 8.00. The van der Waals surface area contributed by atoms with Crippen LogP contribution in [0.2, 0.25) is 0 Å². The van der Waals surface area contributed by atoms with Crippen molar-refractivity contribution in [1.29, 1.82) is 0 Å². The third-order valence-electron chi connectivity index (χ3n) is 3.55. The number of carbonyl (C=O) groups excluding carboxylic acids is 1. The van der Waals surface area contributed by atoms with Crippen LogP contribution in [0, 0.1) is 0 Å². The number of aryl methyl sites for hydroxylation is 1. The summed E-state index contributed by atoms with van der Waals surface area (Å²) in [5.41, 5.74) is 1.11. The molecular weight excluding hydrogens is 298 g/mol. The van der Waals surface area contributed by atoms with Crippen LogP contribution in [0.15, 0.2) is 11.4 Å². The van der Waals surface area contributed by atoms with E-state index in [1.54, 1.807) is 28.0 Å². The van der Waals surface area contributed by atoms with Crippen molar-refractivity contribution in [2.75, 3.05) is 25.4 Å². The van der Waals surface area contributed by atoms with E-state index in [1.807, 2.05) is 11.4 Å². The van der Waals surface area contributed by atoms with Crippen molar-refractivity contribution >= 4 is 35.0 Å². The van der Waals surface area contributed by atoms with Crippen LogP contribution in [0.25, 0.3) is 0 Å². The lowest BCUT2D eigenvalue weighted by Gasteiger charge is -2.34. The summed E-state index contributed by atoms with van der Waals surface area (Å²) < 4.78 is 5.16. The highest BCUT2D eigenvalue weighted by atomic mass is 32.2. The van der Waals surface area contributed by atoms with E-state index in [-0.39, 0.29) is 24.3 Å². The fourth-order valence-electron chi connectivity index (χ4n) is 2.52. The number of carbonyl (C=O) groups is 2. The standard InChI is InChI=1S/C13H15NO4S2/c15-12(14-3-4-18-9(7-14)13(16)17)11-8-1-5-19-10(8)2-6-20-11/h1,5,9,11H,2-4,6-7H2,(H,16,17)/t9-,11-/m0/s1. The van der Waals surface area contributed by atoms with Crippen LogP contribution in [0.5, 0.6) is 0 Å². The van der Waals surface area contributed by atoms with Gasteiger partial charge in [-0.25, -0.2) is 4.79 Å². The highest BCUT2D eigenvalue weighted by Crippen LogP contribution is 2.40. The van der Waals surface area contributed by atoms with Crippen molar-refractivity contribution in [2.24, 2.45) is 0 Å². The fraction of sp³-hybridized carbons (Fsp3) is 0.538. The molecule has 2 aliphatic heterocycles. The monoisotopic (exact) mass is 313 g/mol. The molecule has 1 aromatic heterocycles. The molecule has 0 spiro atoms. The Balaban J connectivity index is 1.75. The van der Waals surface area contributed by atoms with Crippen LogP contribution in [0.4, 0.5) is 0 Å². The van der Waals surface area contributed by atoms with Gasteiger partial charge in [0, 0.05) is 11.4 Å². The van der Waals surface area contributed by atoms with Gasteiger partial charge in [0.1, 0.15) is 5.25 Å². The second-order valence-corrected chi connectivity index (χ2v) is 7.00. The molecule has 3 heterocycles. The zero-order valence-electron chi connectivity index (χ0n) is 10.8. The van der Waals surface area contributed by atoms with Crippen molar-refractivity contribution in [3.8, 4) is 0 Å². The molecule has 2 aliphatic rings. The lowest BCUT2D eigenvalue weighted by Crippen LogP contribution is -2.49. The SMILES string of the molecule is O=C(O)[C@@H]1CN(C(=O)[C@H]2SCCc3sccc32)CCO1. The zero-order valence-corrected chi connectivity index (χ0v) is 12.4.